The van der Waals surface area contributed by atoms with Crippen molar-refractivity contribution in [1.82, 2.24) is 15.4 Å². The molecule has 0 aliphatic heterocycles. The first-order valence-corrected chi connectivity index (χ1v) is 2.63. The lowest BCUT2D eigenvalue weighted by molar-refractivity contribution is 0.938. The molecular weight excluding hydrogens is 116 g/mol. The minimum atomic E-state index is 0. The molecule has 52 valence electrons. The molecule has 1 aromatic heterocycles. The van der Waals surface area contributed by atoms with Gasteiger partial charge in [-0.05, 0) is 6.07 Å². The third kappa shape index (κ3) is 1.65. The first-order valence-electron chi connectivity index (χ1n) is 2.63. The van der Waals surface area contributed by atoms with E-state index in [1.54, 1.807) is 25.5 Å². The van der Waals surface area contributed by atoms with Gasteiger partial charge in [-0.2, -0.15) is 0 Å². The van der Waals surface area contributed by atoms with E-state index in [0.29, 0.717) is 5.95 Å². The topological polar surface area (TPSA) is 49.8 Å². The van der Waals surface area contributed by atoms with Crippen molar-refractivity contribution in [3.05, 3.63) is 18.5 Å². The minimum absolute atomic E-state index is 0. The highest BCUT2D eigenvalue weighted by Crippen LogP contribution is 1.88. The average Bonchev–Trinajstić information content (AvgIpc) is 1.91. The molecule has 1 aromatic rings. The second-order valence-corrected chi connectivity index (χ2v) is 1.45. The Balaban J connectivity index is 0. The lowest BCUT2D eigenvalue weighted by atomic mass is 10.7. The molecule has 0 atom stereocenters. The Bertz CT molecular complexity index is 169. The van der Waals surface area contributed by atoms with E-state index < -0.39 is 0 Å². The summed E-state index contributed by atoms with van der Waals surface area (Å²) in [7, 11) is 1.76. The van der Waals surface area contributed by atoms with Gasteiger partial charge in [-0.25, -0.2) is 15.4 Å². The van der Waals surface area contributed by atoms with E-state index >= 15 is 0 Å². The number of anilines is 1. The molecule has 0 radical (unpaired) electrons. The normalized spacial score (nSPS) is 9.00. The van der Waals surface area contributed by atoms with Gasteiger partial charge >= 0.3 is 0 Å². The number of hydrogen-bond donors (Lipinski definition) is 2. The molecule has 0 saturated heterocycles. The Morgan fingerprint density at radius 3 is 2.67 bits per heavy atom. The molecular formula is C5H12N4. The largest absolute Gasteiger partial charge is 0.290 e. The Kier molecular flexibility index (Phi) is 1.98. The van der Waals surface area contributed by atoms with Crippen molar-refractivity contribution in [1.29, 1.82) is 0 Å². The van der Waals surface area contributed by atoms with E-state index in [-0.39, 0.29) is 2.85 Å². The molecule has 0 bridgehead atoms. The SMILES string of the molecule is CNNc1ncccn1.[HH].[HH]. The summed E-state index contributed by atoms with van der Waals surface area (Å²) in [5.41, 5.74) is 5.44. The van der Waals surface area contributed by atoms with E-state index in [1.165, 1.54) is 0 Å². The van der Waals surface area contributed by atoms with Crippen molar-refractivity contribution in [2.75, 3.05) is 12.5 Å². The van der Waals surface area contributed by atoms with Gasteiger partial charge < -0.3 is 0 Å². The predicted octanol–water partition coefficient (Wildman–Crippen LogP) is 0.515. The second-order valence-electron chi connectivity index (χ2n) is 1.45. The third-order valence-electron chi connectivity index (χ3n) is 0.803. The van der Waals surface area contributed by atoms with Gasteiger partial charge in [-0.1, -0.05) is 0 Å². The standard InChI is InChI=1S/C5H8N4.2H2/c1-6-9-5-7-3-2-4-8-5;;/h2-4,6H,1H3,(H,7,8,9);2*1H. The minimum Gasteiger partial charge on any atom is -0.290 e. The zero-order valence-corrected chi connectivity index (χ0v) is 5.13. The zero-order chi connectivity index (χ0) is 6.53. The number of hydrogen-bond acceptors (Lipinski definition) is 4. The van der Waals surface area contributed by atoms with E-state index in [1.807, 2.05) is 0 Å². The molecule has 0 amide bonds. The van der Waals surface area contributed by atoms with Gasteiger partial charge in [0.15, 0.2) is 0 Å². The van der Waals surface area contributed by atoms with Gasteiger partial charge in [-0.3, -0.25) is 5.43 Å². The lowest BCUT2D eigenvalue weighted by Crippen LogP contribution is -2.16. The van der Waals surface area contributed by atoms with Crippen LogP contribution in [0.15, 0.2) is 18.5 Å². The highest BCUT2D eigenvalue weighted by atomic mass is 15.4. The Hall–Kier alpha value is -1.16. The first-order chi connectivity index (χ1) is 4.43. The maximum atomic E-state index is 3.88. The molecule has 4 nitrogen and oxygen atoms in total. The molecule has 0 aliphatic carbocycles. The van der Waals surface area contributed by atoms with Gasteiger partial charge in [0.2, 0.25) is 5.95 Å². The average molecular weight is 128 g/mol. The van der Waals surface area contributed by atoms with Crippen LogP contribution in [0.25, 0.3) is 0 Å². The molecule has 9 heavy (non-hydrogen) atoms. The quantitative estimate of drug-likeness (QED) is 0.570. The maximum Gasteiger partial charge on any atom is 0.237 e. The van der Waals surface area contributed by atoms with Crippen molar-refractivity contribution in [3.8, 4) is 0 Å². The van der Waals surface area contributed by atoms with Crippen molar-refractivity contribution in [3.63, 3.8) is 0 Å². The Morgan fingerprint density at radius 1 is 1.44 bits per heavy atom. The summed E-state index contributed by atoms with van der Waals surface area (Å²) in [6.07, 6.45) is 3.35. The van der Waals surface area contributed by atoms with Gasteiger partial charge in [0, 0.05) is 22.3 Å². The fraction of sp³-hybridized carbons (Fsp3) is 0.200. The number of hydrazine groups is 1. The van der Waals surface area contributed by atoms with Crippen LogP contribution in [0, 0.1) is 0 Å². The smallest absolute Gasteiger partial charge is 0.237 e. The summed E-state index contributed by atoms with van der Waals surface area (Å²) in [6.45, 7) is 0. The van der Waals surface area contributed by atoms with E-state index in [4.69, 9.17) is 0 Å². The summed E-state index contributed by atoms with van der Waals surface area (Å²) in [6, 6.07) is 1.76. The molecule has 2 N–H and O–H groups in total. The maximum absolute atomic E-state index is 3.88. The van der Waals surface area contributed by atoms with E-state index in [0.717, 1.165) is 0 Å². The molecule has 1 heterocycles. The molecule has 0 aliphatic rings. The molecule has 0 unspecified atom stereocenters. The first kappa shape index (κ1) is 5.97. The summed E-state index contributed by atoms with van der Waals surface area (Å²) in [5, 5.41) is 0. The van der Waals surface area contributed by atoms with Crippen LogP contribution in [0.3, 0.4) is 0 Å². The summed E-state index contributed by atoms with van der Waals surface area (Å²) in [5.74, 6) is 0.583. The van der Waals surface area contributed by atoms with Gasteiger partial charge in [-0.15, -0.1) is 0 Å². The van der Waals surface area contributed by atoms with Crippen molar-refractivity contribution in [2.24, 2.45) is 0 Å². The highest BCUT2D eigenvalue weighted by Gasteiger charge is 1.84. The van der Waals surface area contributed by atoms with Crippen LogP contribution in [-0.2, 0) is 0 Å². The van der Waals surface area contributed by atoms with Crippen molar-refractivity contribution < 1.29 is 2.85 Å². The van der Waals surface area contributed by atoms with E-state index in [2.05, 4.69) is 20.8 Å². The van der Waals surface area contributed by atoms with Crippen molar-refractivity contribution >= 4 is 5.95 Å². The summed E-state index contributed by atoms with van der Waals surface area (Å²) in [4.78, 5) is 7.77. The third-order valence-corrected chi connectivity index (χ3v) is 0.803. The Labute approximate surface area is 56.3 Å². The fourth-order valence-corrected chi connectivity index (χ4v) is 0.475. The molecule has 0 fully saturated rings. The van der Waals surface area contributed by atoms with Crippen LogP contribution in [0.1, 0.15) is 2.85 Å². The molecule has 0 aromatic carbocycles. The van der Waals surface area contributed by atoms with Crippen LogP contribution < -0.4 is 10.9 Å². The number of nitrogens with zero attached hydrogens (tertiary/aromatic N) is 2. The molecule has 0 spiro atoms. The number of rotatable bonds is 2. The highest BCUT2D eigenvalue weighted by molar-refractivity contribution is 5.19. The monoisotopic (exact) mass is 128 g/mol. The zero-order valence-electron chi connectivity index (χ0n) is 5.13. The van der Waals surface area contributed by atoms with Gasteiger partial charge in [0.05, 0.1) is 0 Å². The number of aromatic nitrogens is 2. The molecule has 4 heteroatoms. The van der Waals surface area contributed by atoms with E-state index in [9.17, 15) is 0 Å². The second kappa shape index (κ2) is 2.99. The predicted molar refractivity (Wildman–Crippen MR) is 38.9 cm³/mol. The van der Waals surface area contributed by atoms with Crippen LogP contribution in [-0.4, -0.2) is 17.0 Å². The summed E-state index contributed by atoms with van der Waals surface area (Å²) < 4.78 is 0. The molecule has 1 rings (SSSR count). The van der Waals surface area contributed by atoms with Crippen LogP contribution in [0.5, 0.6) is 0 Å². The molecule has 0 saturated carbocycles. The summed E-state index contributed by atoms with van der Waals surface area (Å²) >= 11 is 0. The van der Waals surface area contributed by atoms with Gasteiger partial charge in [0.25, 0.3) is 0 Å². The Morgan fingerprint density at radius 2 is 2.11 bits per heavy atom. The van der Waals surface area contributed by atoms with Crippen molar-refractivity contribution in [2.45, 2.75) is 0 Å². The van der Waals surface area contributed by atoms with Crippen LogP contribution >= 0.6 is 0 Å². The lowest BCUT2D eigenvalue weighted by Gasteiger charge is -1.97. The fourth-order valence-electron chi connectivity index (χ4n) is 0.475. The number of nitrogens with one attached hydrogen (secondary N) is 2. The van der Waals surface area contributed by atoms with Gasteiger partial charge in [0.1, 0.15) is 0 Å². The van der Waals surface area contributed by atoms with Crippen LogP contribution in [0.4, 0.5) is 5.95 Å². The van der Waals surface area contributed by atoms with Crippen LogP contribution in [0.2, 0.25) is 0 Å².